The molecule has 5 nitrogen and oxygen atoms in total. The van der Waals surface area contributed by atoms with Crippen LogP contribution in [-0.2, 0) is 19.6 Å². The normalized spacial score (nSPS) is 18.2. The van der Waals surface area contributed by atoms with Crippen molar-refractivity contribution in [3.63, 3.8) is 0 Å². The third kappa shape index (κ3) is 3.94. The molecule has 0 saturated carbocycles. The van der Waals surface area contributed by atoms with E-state index >= 15 is 0 Å². The summed E-state index contributed by atoms with van der Waals surface area (Å²) in [6.07, 6.45) is 3.88. The van der Waals surface area contributed by atoms with Gasteiger partial charge in [0.15, 0.2) is 0 Å². The lowest BCUT2D eigenvalue weighted by Crippen LogP contribution is -2.35. The lowest BCUT2D eigenvalue weighted by Gasteiger charge is -2.25. The van der Waals surface area contributed by atoms with E-state index in [2.05, 4.69) is 0 Å². The second kappa shape index (κ2) is 5.45. The van der Waals surface area contributed by atoms with Crippen molar-refractivity contribution in [2.45, 2.75) is 19.8 Å². The summed E-state index contributed by atoms with van der Waals surface area (Å²) in [6, 6.07) is 0. The highest BCUT2D eigenvalue weighted by Gasteiger charge is 2.21. The molecule has 0 aromatic carbocycles. The number of rotatable bonds is 3. The second-order valence-corrected chi connectivity index (χ2v) is 5.70. The highest BCUT2D eigenvalue weighted by molar-refractivity contribution is 7.88. The molecule has 1 saturated heterocycles. The van der Waals surface area contributed by atoms with E-state index in [1.165, 1.54) is 16.6 Å². The number of ether oxygens (including phenoxy) is 1. The van der Waals surface area contributed by atoms with E-state index in [9.17, 15) is 13.2 Å². The van der Waals surface area contributed by atoms with Crippen LogP contribution in [0.25, 0.3) is 0 Å². The largest absolute Gasteiger partial charge is 0.463 e. The van der Waals surface area contributed by atoms with E-state index in [0.717, 1.165) is 5.57 Å². The highest BCUT2D eigenvalue weighted by atomic mass is 32.2. The van der Waals surface area contributed by atoms with Crippen molar-refractivity contribution < 1.29 is 17.9 Å². The van der Waals surface area contributed by atoms with Crippen molar-refractivity contribution in [3.05, 3.63) is 11.6 Å². The lowest BCUT2D eigenvalue weighted by molar-refractivity contribution is -0.137. The fourth-order valence-corrected chi connectivity index (χ4v) is 2.45. The quantitative estimate of drug-likeness (QED) is 0.539. The van der Waals surface area contributed by atoms with Crippen LogP contribution in [-0.4, -0.2) is 44.6 Å². The monoisotopic (exact) mass is 247 g/mol. The van der Waals surface area contributed by atoms with Crippen LogP contribution in [0.1, 0.15) is 19.8 Å². The summed E-state index contributed by atoms with van der Waals surface area (Å²) < 4.78 is 28.7. The van der Waals surface area contributed by atoms with Gasteiger partial charge in [-0.2, -0.15) is 0 Å². The molecular weight excluding hydrogens is 230 g/mol. The number of nitrogens with zero attached hydrogens (tertiary/aromatic N) is 1. The van der Waals surface area contributed by atoms with Crippen molar-refractivity contribution in [3.8, 4) is 0 Å². The molecule has 0 spiro atoms. The predicted molar refractivity (Wildman–Crippen MR) is 60.4 cm³/mol. The van der Waals surface area contributed by atoms with Gasteiger partial charge in [0.25, 0.3) is 0 Å². The van der Waals surface area contributed by atoms with Crippen LogP contribution in [0.4, 0.5) is 0 Å². The van der Waals surface area contributed by atoms with Crippen LogP contribution in [0.2, 0.25) is 0 Å². The molecule has 1 heterocycles. The Morgan fingerprint density at radius 1 is 1.44 bits per heavy atom. The van der Waals surface area contributed by atoms with E-state index in [-0.39, 0.29) is 5.97 Å². The van der Waals surface area contributed by atoms with Gasteiger partial charge in [-0.3, -0.25) is 0 Å². The molecule has 0 amide bonds. The zero-order chi connectivity index (χ0) is 12.2. The Balaban J connectivity index is 2.52. The molecule has 92 valence electrons. The first-order valence-electron chi connectivity index (χ1n) is 5.25. The van der Waals surface area contributed by atoms with Gasteiger partial charge < -0.3 is 4.74 Å². The maximum Gasteiger partial charge on any atom is 0.330 e. The van der Waals surface area contributed by atoms with Crippen LogP contribution >= 0.6 is 0 Å². The molecule has 0 radical (unpaired) electrons. The van der Waals surface area contributed by atoms with E-state index < -0.39 is 10.0 Å². The standard InChI is InChI=1S/C10H17NO4S/c1-3-15-10(12)8-9-4-6-11(7-5-9)16(2,13)14/h8H,3-7H2,1-2H3. The Kier molecular flexibility index (Phi) is 4.49. The Labute approximate surface area is 96.1 Å². The molecule has 0 aromatic heterocycles. The third-order valence-electron chi connectivity index (χ3n) is 2.44. The first kappa shape index (κ1) is 13.2. The van der Waals surface area contributed by atoms with Gasteiger partial charge in [-0.15, -0.1) is 0 Å². The summed E-state index contributed by atoms with van der Waals surface area (Å²) in [7, 11) is -3.10. The van der Waals surface area contributed by atoms with E-state index in [0.29, 0.717) is 32.5 Å². The van der Waals surface area contributed by atoms with Crippen LogP contribution in [0.5, 0.6) is 0 Å². The number of hydrogen-bond donors (Lipinski definition) is 0. The topological polar surface area (TPSA) is 63.7 Å². The minimum atomic E-state index is -3.10. The maximum atomic E-state index is 11.2. The van der Waals surface area contributed by atoms with Gasteiger partial charge in [0.2, 0.25) is 10.0 Å². The van der Waals surface area contributed by atoms with Crippen LogP contribution in [0.3, 0.4) is 0 Å². The van der Waals surface area contributed by atoms with Crippen molar-refractivity contribution in [1.29, 1.82) is 0 Å². The third-order valence-corrected chi connectivity index (χ3v) is 3.75. The second-order valence-electron chi connectivity index (χ2n) is 3.72. The molecule has 1 fully saturated rings. The van der Waals surface area contributed by atoms with Gasteiger partial charge in [0.1, 0.15) is 0 Å². The fourth-order valence-electron chi connectivity index (χ4n) is 1.60. The van der Waals surface area contributed by atoms with Crippen molar-refractivity contribution in [1.82, 2.24) is 4.31 Å². The van der Waals surface area contributed by atoms with E-state index in [4.69, 9.17) is 4.74 Å². The summed E-state index contributed by atoms with van der Waals surface area (Å²) in [4.78, 5) is 11.2. The Morgan fingerprint density at radius 3 is 2.44 bits per heavy atom. The van der Waals surface area contributed by atoms with Crippen molar-refractivity contribution >= 4 is 16.0 Å². The molecule has 1 aliphatic heterocycles. The summed E-state index contributed by atoms with van der Waals surface area (Å²) in [6.45, 7) is 3.01. The lowest BCUT2D eigenvalue weighted by atomic mass is 10.1. The Bertz CT molecular complexity index is 376. The molecule has 1 aliphatic rings. The molecule has 0 N–H and O–H groups in total. The number of piperidine rings is 1. The highest BCUT2D eigenvalue weighted by Crippen LogP contribution is 2.18. The molecule has 0 bridgehead atoms. The summed E-state index contributed by atoms with van der Waals surface area (Å²) in [5.74, 6) is -0.342. The molecule has 0 aliphatic carbocycles. The fraction of sp³-hybridized carbons (Fsp3) is 0.700. The number of hydrogen-bond acceptors (Lipinski definition) is 4. The molecule has 0 atom stereocenters. The smallest absolute Gasteiger partial charge is 0.330 e. The van der Waals surface area contributed by atoms with Gasteiger partial charge in [-0.25, -0.2) is 17.5 Å². The predicted octanol–water partition coefficient (Wildman–Crippen LogP) is 0.531. The van der Waals surface area contributed by atoms with Gasteiger partial charge in [0.05, 0.1) is 12.9 Å². The van der Waals surface area contributed by atoms with Gasteiger partial charge in [-0.1, -0.05) is 5.57 Å². The Hall–Kier alpha value is -0.880. The van der Waals surface area contributed by atoms with Crippen LogP contribution in [0.15, 0.2) is 11.6 Å². The zero-order valence-electron chi connectivity index (χ0n) is 9.60. The summed E-state index contributed by atoms with van der Waals surface area (Å²) in [5.41, 5.74) is 0.957. The van der Waals surface area contributed by atoms with Crippen molar-refractivity contribution in [2.24, 2.45) is 0 Å². The van der Waals surface area contributed by atoms with Crippen LogP contribution in [0, 0.1) is 0 Å². The number of sulfonamides is 1. The zero-order valence-corrected chi connectivity index (χ0v) is 10.4. The number of carbonyl (C=O) groups excluding carboxylic acids is 1. The minimum absolute atomic E-state index is 0.342. The SMILES string of the molecule is CCOC(=O)C=C1CCN(S(C)(=O)=O)CC1. The molecule has 0 unspecified atom stereocenters. The van der Waals surface area contributed by atoms with Crippen LogP contribution < -0.4 is 0 Å². The van der Waals surface area contributed by atoms with Crippen molar-refractivity contribution in [2.75, 3.05) is 26.0 Å². The summed E-state index contributed by atoms with van der Waals surface area (Å²) >= 11 is 0. The molecule has 6 heteroatoms. The number of esters is 1. The van der Waals surface area contributed by atoms with E-state index in [1.54, 1.807) is 6.92 Å². The number of carbonyl (C=O) groups is 1. The minimum Gasteiger partial charge on any atom is -0.463 e. The maximum absolute atomic E-state index is 11.2. The average Bonchev–Trinajstić information content (AvgIpc) is 2.17. The summed E-state index contributed by atoms with van der Waals surface area (Å²) in [5, 5.41) is 0. The van der Waals surface area contributed by atoms with E-state index in [1.807, 2.05) is 0 Å². The van der Waals surface area contributed by atoms with Gasteiger partial charge in [-0.05, 0) is 19.8 Å². The first-order chi connectivity index (χ1) is 7.43. The molecular formula is C10H17NO4S. The van der Waals surface area contributed by atoms with Gasteiger partial charge in [0, 0.05) is 19.2 Å². The molecule has 16 heavy (non-hydrogen) atoms. The van der Waals surface area contributed by atoms with Gasteiger partial charge >= 0.3 is 5.97 Å². The average molecular weight is 247 g/mol. The molecule has 0 aromatic rings. The Morgan fingerprint density at radius 2 is 2.00 bits per heavy atom. The molecule has 1 rings (SSSR count). The first-order valence-corrected chi connectivity index (χ1v) is 7.09.